The molecule has 7 heteroatoms. The van der Waals surface area contributed by atoms with Gasteiger partial charge in [-0.3, -0.25) is 4.79 Å². The van der Waals surface area contributed by atoms with Crippen LogP contribution in [0.4, 0.5) is 0 Å². The zero-order valence-corrected chi connectivity index (χ0v) is 19.0. The second-order valence-corrected chi connectivity index (χ2v) is 11.5. The minimum atomic E-state index is -3.49. The van der Waals surface area contributed by atoms with Gasteiger partial charge in [-0.2, -0.15) is 4.31 Å². The first-order valence-electron chi connectivity index (χ1n) is 10.8. The highest BCUT2D eigenvalue weighted by Gasteiger charge is 2.35. The Labute approximate surface area is 175 Å². The summed E-state index contributed by atoms with van der Waals surface area (Å²) in [6, 6.07) is 7.42. The highest BCUT2D eigenvalue weighted by Crippen LogP contribution is 2.24. The maximum absolute atomic E-state index is 13.0. The molecule has 0 radical (unpaired) electrons. The number of benzene rings is 1. The van der Waals surface area contributed by atoms with E-state index in [1.807, 2.05) is 19.1 Å². The zero-order chi connectivity index (χ0) is 21.2. The fourth-order valence-electron chi connectivity index (χ4n) is 4.30. The molecule has 2 N–H and O–H groups in total. The van der Waals surface area contributed by atoms with E-state index < -0.39 is 10.0 Å². The number of carbonyl (C=O) groups is 1. The van der Waals surface area contributed by atoms with E-state index in [1.54, 1.807) is 16.4 Å². The van der Waals surface area contributed by atoms with Crippen LogP contribution in [0.3, 0.4) is 0 Å². The van der Waals surface area contributed by atoms with Crippen molar-refractivity contribution in [1.82, 2.24) is 9.62 Å². The third kappa shape index (κ3) is 5.19. The Hall–Kier alpha value is -1.44. The third-order valence-corrected chi connectivity index (χ3v) is 8.34. The molecule has 162 valence electrons. The summed E-state index contributed by atoms with van der Waals surface area (Å²) in [5.74, 6) is 0.0981. The average Bonchev–Trinajstić information content (AvgIpc) is 3.20. The average molecular weight is 423 g/mol. The molecule has 1 saturated heterocycles. The van der Waals surface area contributed by atoms with Gasteiger partial charge in [0.1, 0.15) is 0 Å². The van der Waals surface area contributed by atoms with Gasteiger partial charge >= 0.3 is 0 Å². The summed E-state index contributed by atoms with van der Waals surface area (Å²) < 4.78 is 27.6. The minimum absolute atomic E-state index is 0.00745. The molecule has 0 bridgehead atoms. The van der Waals surface area contributed by atoms with E-state index in [-0.39, 0.29) is 17.4 Å². The fourth-order valence-corrected chi connectivity index (χ4v) is 5.75. The molecule has 1 aliphatic heterocycles. The van der Waals surface area contributed by atoms with Crippen LogP contribution in [0.1, 0.15) is 58.9 Å². The van der Waals surface area contributed by atoms with Crippen LogP contribution in [-0.4, -0.2) is 56.9 Å². The van der Waals surface area contributed by atoms with Crippen LogP contribution in [0.25, 0.3) is 0 Å². The van der Waals surface area contributed by atoms with E-state index in [2.05, 4.69) is 26.1 Å². The second kappa shape index (κ2) is 8.74. The molecule has 1 amide bonds. The molecule has 3 rings (SSSR count). The molecule has 1 saturated carbocycles. The SMILES string of the molecule is C[C@@H](C(=O)NC1CCCC1)[NH+]1CCN(S(=O)(=O)c2ccc(C(C)(C)C)cc2)CC1. The Morgan fingerprint density at radius 1 is 1.10 bits per heavy atom. The van der Waals surface area contributed by atoms with Crippen LogP contribution < -0.4 is 10.2 Å². The number of sulfonamides is 1. The van der Waals surface area contributed by atoms with Crippen molar-refractivity contribution in [3.63, 3.8) is 0 Å². The third-order valence-electron chi connectivity index (χ3n) is 6.43. The molecule has 1 heterocycles. The number of amides is 1. The first kappa shape index (κ1) is 22.2. The topological polar surface area (TPSA) is 70.9 Å². The van der Waals surface area contributed by atoms with Crippen molar-refractivity contribution in [2.75, 3.05) is 26.2 Å². The van der Waals surface area contributed by atoms with Crippen LogP contribution in [-0.2, 0) is 20.2 Å². The van der Waals surface area contributed by atoms with Gasteiger partial charge in [0.25, 0.3) is 5.91 Å². The zero-order valence-electron chi connectivity index (χ0n) is 18.2. The number of piperazine rings is 1. The molecule has 0 aromatic heterocycles. The maximum Gasteiger partial charge on any atom is 0.278 e. The molecule has 2 aliphatic rings. The molecule has 1 aliphatic carbocycles. The lowest BCUT2D eigenvalue weighted by molar-refractivity contribution is -0.917. The fraction of sp³-hybridized carbons (Fsp3) is 0.682. The molecular formula is C22H36N3O3S+. The predicted molar refractivity (Wildman–Crippen MR) is 114 cm³/mol. The molecular weight excluding hydrogens is 386 g/mol. The van der Waals surface area contributed by atoms with Gasteiger partial charge in [0, 0.05) is 6.04 Å². The van der Waals surface area contributed by atoms with Crippen LogP contribution in [0, 0.1) is 0 Å². The van der Waals surface area contributed by atoms with Gasteiger partial charge in [0.05, 0.1) is 31.1 Å². The standard InChI is InChI=1S/C22H35N3O3S/c1-17(21(26)23-19-7-5-6-8-19)24-13-15-25(16-14-24)29(27,28)20-11-9-18(10-12-20)22(2,3)4/h9-12,17,19H,5-8,13-16H2,1-4H3,(H,23,26)/p+1/t17-/m0/s1. The van der Waals surface area contributed by atoms with Gasteiger partial charge < -0.3 is 10.2 Å². The molecule has 1 aromatic carbocycles. The summed E-state index contributed by atoms with van der Waals surface area (Å²) >= 11 is 0. The van der Waals surface area contributed by atoms with E-state index in [0.29, 0.717) is 37.1 Å². The monoisotopic (exact) mass is 422 g/mol. The van der Waals surface area contributed by atoms with Crippen molar-refractivity contribution in [3.8, 4) is 0 Å². The smallest absolute Gasteiger partial charge is 0.278 e. The Kier molecular flexibility index (Phi) is 6.70. The lowest BCUT2D eigenvalue weighted by Gasteiger charge is -2.34. The van der Waals surface area contributed by atoms with Gasteiger partial charge in [-0.1, -0.05) is 45.7 Å². The summed E-state index contributed by atoms with van der Waals surface area (Å²) in [5, 5.41) is 3.17. The minimum Gasteiger partial charge on any atom is -0.348 e. The van der Waals surface area contributed by atoms with Crippen molar-refractivity contribution < 1.29 is 18.1 Å². The molecule has 6 nitrogen and oxygen atoms in total. The van der Waals surface area contributed by atoms with Crippen molar-refractivity contribution in [2.24, 2.45) is 0 Å². The van der Waals surface area contributed by atoms with E-state index in [4.69, 9.17) is 0 Å². The van der Waals surface area contributed by atoms with E-state index in [0.717, 1.165) is 23.3 Å². The first-order valence-corrected chi connectivity index (χ1v) is 12.3. The van der Waals surface area contributed by atoms with Crippen LogP contribution >= 0.6 is 0 Å². The lowest BCUT2D eigenvalue weighted by Crippen LogP contribution is -3.19. The molecule has 0 unspecified atom stereocenters. The Morgan fingerprint density at radius 3 is 2.17 bits per heavy atom. The summed E-state index contributed by atoms with van der Waals surface area (Å²) in [7, 11) is -3.49. The molecule has 1 atom stereocenters. The van der Waals surface area contributed by atoms with Gasteiger partial charge in [-0.25, -0.2) is 8.42 Å². The summed E-state index contributed by atoms with van der Waals surface area (Å²) in [6.45, 7) is 10.5. The van der Waals surface area contributed by atoms with Gasteiger partial charge in [-0.15, -0.1) is 0 Å². The van der Waals surface area contributed by atoms with Crippen LogP contribution in [0.5, 0.6) is 0 Å². The maximum atomic E-state index is 13.0. The second-order valence-electron chi connectivity index (χ2n) is 9.55. The normalized spacial score (nSPS) is 21.2. The quantitative estimate of drug-likeness (QED) is 0.752. The van der Waals surface area contributed by atoms with Crippen molar-refractivity contribution in [3.05, 3.63) is 29.8 Å². The number of hydrogen-bond acceptors (Lipinski definition) is 3. The summed E-state index contributed by atoms with van der Waals surface area (Å²) in [5.41, 5.74) is 1.11. The van der Waals surface area contributed by atoms with Crippen molar-refractivity contribution in [2.45, 2.75) is 75.8 Å². The number of nitrogens with zero attached hydrogens (tertiary/aromatic N) is 1. The van der Waals surface area contributed by atoms with E-state index in [1.165, 1.54) is 12.8 Å². The lowest BCUT2D eigenvalue weighted by atomic mass is 9.87. The number of hydrogen-bond donors (Lipinski definition) is 2. The highest BCUT2D eigenvalue weighted by atomic mass is 32.2. The Morgan fingerprint density at radius 2 is 1.66 bits per heavy atom. The van der Waals surface area contributed by atoms with Gasteiger partial charge in [-0.05, 0) is 42.9 Å². The predicted octanol–water partition coefficient (Wildman–Crippen LogP) is 1.32. The number of nitrogens with one attached hydrogen (secondary N) is 2. The summed E-state index contributed by atoms with van der Waals surface area (Å²) in [6.07, 6.45) is 4.54. The number of quaternary nitrogens is 1. The van der Waals surface area contributed by atoms with E-state index >= 15 is 0 Å². The molecule has 1 aromatic rings. The first-order chi connectivity index (χ1) is 13.6. The van der Waals surface area contributed by atoms with Crippen LogP contribution in [0.2, 0.25) is 0 Å². The molecule has 0 spiro atoms. The van der Waals surface area contributed by atoms with Gasteiger partial charge in [0.2, 0.25) is 10.0 Å². The number of carbonyl (C=O) groups excluding carboxylic acids is 1. The molecule has 2 fully saturated rings. The Balaban J connectivity index is 1.58. The largest absolute Gasteiger partial charge is 0.348 e. The molecule has 29 heavy (non-hydrogen) atoms. The van der Waals surface area contributed by atoms with Gasteiger partial charge in [0.15, 0.2) is 6.04 Å². The summed E-state index contributed by atoms with van der Waals surface area (Å²) in [4.78, 5) is 14.1. The van der Waals surface area contributed by atoms with Crippen molar-refractivity contribution >= 4 is 15.9 Å². The van der Waals surface area contributed by atoms with Crippen molar-refractivity contribution in [1.29, 1.82) is 0 Å². The number of rotatable bonds is 5. The van der Waals surface area contributed by atoms with E-state index in [9.17, 15) is 13.2 Å². The Bertz CT molecular complexity index is 801. The van der Waals surface area contributed by atoms with Crippen LogP contribution in [0.15, 0.2) is 29.2 Å². The highest BCUT2D eigenvalue weighted by molar-refractivity contribution is 7.89.